The van der Waals surface area contributed by atoms with Crippen molar-refractivity contribution in [3.05, 3.63) is 83.7 Å². The summed E-state index contributed by atoms with van der Waals surface area (Å²) in [6, 6.07) is 20.5. The van der Waals surface area contributed by atoms with Crippen LogP contribution in [0.2, 0.25) is 0 Å². The Morgan fingerprint density at radius 2 is 1.58 bits per heavy atom. The fourth-order valence-corrected chi connectivity index (χ4v) is 2.64. The van der Waals surface area contributed by atoms with Crippen molar-refractivity contribution in [2.45, 2.75) is 5.38 Å². The van der Waals surface area contributed by atoms with Crippen molar-refractivity contribution in [1.29, 1.82) is 0 Å². The Morgan fingerprint density at radius 1 is 0.842 bits per heavy atom. The molecule has 19 heavy (non-hydrogen) atoms. The molecule has 3 aromatic rings. The Bertz CT molecular complexity index is 716. The van der Waals surface area contributed by atoms with E-state index in [9.17, 15) is 4.39 Å². The molecule has 94 valence electrons. The Kier molecular flexibility index (Phi) is 3.22. The van der Waals surface area contributed by atoms with Crippen molar-refractivity contribution < 1.29 is 4.39 Å². The third-order valence-corrected chi connectivity index (χ3v) is 3.72. The SMILES string of the molecule is Fc1cccc(C(Cl)c2cccc3ccccc23)c1. The van der Waals surface area contributed by atoms with Crippen LogP contribution in [0.15, 0.2) is 66.7 Å². The van der Waals surface area contributed by atoms with Gasteiger partial charge in [-0.15, -0.1) is 11.6 Å². The number of benzene rings is 3. The molecule has 0 N–H and O–H groups in total. The summed E-state index contributed by atoms with van der Waals surface area (Å²) in [5, 5.41) is 1.90. The maximum atomic E-state index is 13.3. The van der Waals surface area contributed by atoms with E-state index in [2.05, 4.69) is 0 Å². The van der Waals surface area contributed by atoms with Gasteiger partial charge < -0.3 is 0 Å². The molecule has 0 aliphatic rings. The fourth-order valence-electron chi connectivity index (χ4n) is 2.32. The van der Waals surface area contributed by atoms with E-state index >= 15 is 0 Å². The first-order valence-corrected chi connectivity index (χ1v) is 6.56. The summed E-state index contributed by atoms with van der Waals surface area (Å²) in [5.74, 6) is -0.261. The van der Waals surface area contributed by atoms with Gasteiger partial charge in [0.05, 0.1) is 5.38 Å². The summed E-state index contributed by atoms with van der Waals surface area (Å²) in [7, 11) is 0. The Hall–Kier alpha value is -1.86. The highest BCUT2D eigenvalue weighted by Gasteiger charge is 2.13. The van der Waals surface area contributed by atoms with Crippen LogP contribution in [-0.2, 0) is 0 Å². The normalized spacial score (nSPS) is 12.5. The second kappa shape index (κ2) is 5.02. The molecule has 0 radical (unpaired) electrons. The Balaban J connectivity index is 2.14. The lowest BCUT2D eigenvalue weighted by Gasteiger charge is -2.13. The van der Waals surface area contributed by atoms with Gasteiger partial charge in [-0.25, -0.2) is 4.39 Å². The number of alkyl halides is 1. The van der Waals surface area contributed by atoms with E-state index in [1.807, 2.05) is 48.5 Å². The molecule has 0 spiro atoms. The smallest absolute Gasteiger partial charge is 0.123 e. The van der Waals surface area contributed by atoms with Crippen molar-refractivity contribution in [1.82, 2.24) is 0 Å². The Morgan fingerprint density at radius 3 is 2.42 bits per heavy atom. The van der Waals surface area contributed by atoms with Crippen LogP contribution in [0.1, 0.15) is 16.5 Å². The van der Waals surface area contributed by atoms with Gasteiger partial charge in [-0.3, -0.25) is 0 Å². The summed E-state index contributed by atoms with van der Waals surface area (Å²) in [6.45, 7) is 0. The van der Waals surface area contributed by atoms with Crippen LogP contribution < -0.4 is 0 Å². The van der Waals surface area contributed by atoms with Crippen LogP contribution >= 0.6 is 11.6 Å². The monoisotopic (exact) mass is 270 g/mol. The predicted molar refractivity (Wildman–Crippen MR) is 78.0 cm³/mol. The highest BCUT2D eigenvalue weighted by Crippen LogP contribution is 2.33. The molecule has 0 amide bonds. The average molecular weight is 271 g/mol. The lowest BCUT2D eigenvalue weighted by Crippen LogP contribution is -1.95. The van der Waals surface area contributed by atoms with Gasteiger partial charge in [0.1, 0.15) is 5.82 Å². The average Bonchev–Trinajstić information content (AvgIpc) is 2.46. The number of hydrogen-bond donors (Lipinski definition) is 0. The molecule has 0 fully saturated rings. The van der Waals surface area contributed by atoms with Gasteiger partial charge in [-0.2, -0.15) is 0 Å². The maximum Gasteiger partial charge on any atom is 0.123 e. The van der Waals surface area contributed by atoms with Crippen molar-refractivity contribution >= 4 is 22.4 Å². The van der Waals surface area contributed by atoms with E-state index < -0.39 is 0 Å². The van der Waals surface area contributed by atoms with Crippen LogP contribution in [0.4, 0.5) is 4.39 Å². The first kappa shape index (κ1) is 12.2. The van der Waals surface area contributed by atoms with E-state index in [1.165, 1.54) is 12.1 Å². The molecule has 0 aliphatic carbocycles. The molecule has 1 atom stereocenters. The van der Waals surface area contributed by atoms with Gasteiger partial charge in [0.15, 0.2) is 0 Å². The van der Waals surface area contributed by atoms with E-state index in [1.54, 1.807) is 6.07 Å². The minimum Gasteiger partial charge on any atom is -0.207 e. The molecule has 3 rings (SSSR count). The second-order valence-electron chi connectivity index (χ2n) is 4.49. The van der Waals surface area contributed by atoms with Crippen molar-refractivity contribution in [3.63, 3.8) is 0 Å². The number of fused-ring (bicyclic) bond motifs is 1. The Labute approximate surface area is 116 Å². The minimum absolute atomic E-state index is 0.261. The molecule has 0 bridgehead atoms. The molecule has 0 saturated carbocycles. The van der Waals surface area contributed by atoms with Gasteiger partial charge in [-0.1, -0.05) is 54.6 Å². The predicted octanol–water partition coefficient (Wildman–Crippen LogP) is 5.31. The lowest BCUT2D eigenvalue weighted by molar-refractivity contribution is 0.626. The summed E-state index contributed by atoms with van der Waals surface area (Å²) in [6.07, 6.45) is 0. The quantitative estimate of drug-likeness (QED) is 0.554. The molecule has 0 heterocycles. The molecule has 0 saturated heterocycles. The topological polar surface area (TPSA) is 0 Å². The van der Waals surface area contributed by atoms with Crippen molar-refractivity contribution in [3.8, 4) is 0 Å². The lowest BCUT2D eigenvalue weighted by atomic mass is 9.98. The summed E-state index contributed by atoms with van der Waals surface area (Å²) < 4.78 is 13.3. The van der Waals surface area contributed by atoms with Crippen LogP contribution in [0, 0.1) is 5.82 Å². The fraction of sp³-hybridized carbons (Fsp3) is 0.0588. The molecule has 3 aromatic carbocycles. The van der Waals surface area contributed by atoms with E-state index in [0.29, 0.717) is 0 Å². The molecule has 0 nitrogen and oxygen atoms in total. The number of halogens is 2. The zero-order chi connectivity index (χ0) is 13.2. The highest BCUT2D eigenvalue weighted by atomic mass is 35.5. The van der Waals surface area contributed by atoms with E-state index in [4.69, 9.17) is 11.6 Å². The summed E-state index contributed by atoms with van der Waals surface area (Å²) >= 11 is 6.52. The highest BCUT2D eigenvalue weighted by molar-refractivity contribution is 6.23. The minimum atomic E-state index is -0.346. The van der Waals surface area contributed by atoms with Gasteiger partial charge in [0.2, 0.25) is 0 Å². The summed E-state index contributed by atoms with van der Waals surface area (Å²) in [5.41, 5.74) is 1.78. The zero-order valence-electron chi connectivity index (χ0n) is 10.2. The molecular formula is C17H12ClF. The van der Waals surface area contributed by atoms with Crippen LogP contribution in [0.3, 0.4) is 0 Å². The van der Waals surface area contributed by atoms with Crippen LogP contribution in [0.5, 0.6) is 0 Å². The molecule has 2 heteroatoms. The zero-order valence-corrected chi connectivity index (χ0v) is 10.9. The van der Waals surface area contributed by atoms with Gasteiger partial charge in [0.25, 0.3) is 0 Å². The number of hydrogen-bond acceptors (Lipinski definition) is 0. The molecule has 0 aliphatic heterocycles. The van der Waals surface area contributed by atoms with Crippen LogP contribution in [-0.4, -0.2) is 0 Å². The van der Waals surface area contributed by atoms with Gasteiger partial charge in [0, 0.05) is 0 Å². The van der Waals surface area contributed by atoms with Crippen LogP contribution in [0.25, 0.3) is 10.8 Å². The number of rotatable bonds is 2. The van der Waals surface area contributed by atoms with E-state index in [-0.39, 0.29) is 11.2 Å². The largest absolute Gasteiger partial charge is 0.207 e. The molecule has 0 aromatic heterocycles. The third-order valence-electron chi connectivity index (χ3n) is 3.24. The molecular weight excluding hydrogens is 259 g/mol. The third kappa shape index (κ3) is 2.34. The molecule has 1 unspecified atom stereocenters. The van der Waals surface area contributed by atoms with Crippen molar-refractivity contribution in [2.75, 3.05) is 0 Å². The maximum absolute atomic E-state index is 13.3. The standard InChI is InChI=1S/C17H12ClF/c18-17(13-7-3-8-14(19)11-13)16-10-4-6-12-5-1-2-9-15(12)16/h1-11,17H. The first-order valence-electron chi connectivity index (χ1n) is 6.13. The van der Waals surface area contributed by atoms with Crippen molar-refractivity contribution in [2.24, 2.45) is 0 Å². The van der Waals surface area contributed by atoms with E-state index in [0.717, 1.165) is 21.9 Å². The summed E-state index contributed by atoms with van der Waals surface area (Å²) in [4.78, 5) is 0. The van der Waals surface area contributed by atoms with Gasteiger partial charge >= 0.3 is 0 Å². The van der Waals surface area contributed by atoms with Gasteiger partial charge in [-0.05, 0) is 34.0 Å². The second-order valence-corrected chi connectivity index (χ2v) is 4.92. The first-order chi connectivity index (χ1) is 9.25.